The van der Waals surface area contributed by atoms with Gasteiger partial charge in [-0.05, 0) is 71.0 Å². The summed E-state index contributed by atoms with van der Waals surface area (Å²) in [6.07, 6.45) is 6.21. The Kier molecular flexibility index (Phi) is 6.22. The van der Waals surface area contributed by atoms with E-state index < -0.39 is 0 Å². The van der Waals surface area contributed by atoms with Crippen LogP contribution in [0.1, 0.15) is 59.9 Å². The fraction of sp³-hybridized carbons (Fsp3) is 0.524. The van der Waals surface area contributed by atoms with Crippen molar-refractivity contribution in [3.63, 3.8) is 0 Å². The fourth-order valence-corrected chi connectivity index (χ4v) is 4.20. The summed E-state index contributed by atoms with van der Waals surface area (Å²) in [5.74, 6) is -0.00638. The molecule has 1 aromatic carbocycles. The molecule has 0 saturated carbocycles. The minimum Gasteiger partial charge on any atom is -0.348 e. The summed E-state index contributed by atoms with van der Waals surface area (Å²) in [6, 6.07) is 9.07. The molecule has 6 heteroatoms. The van der Waals surface area contributed by atoms with Crippen LogP contribution in [-0.2, 0) is 12.8 Å². The van der Waals surface area contributed by atoms with Crippen LogP contribution in [0.5, 0.6) is 0 Å². The van der Waals surface area contributed by atoms with Gasteiger partial charge in [0.1, 0.15) is 0 Å². The summed E-state index contributed by atoms with van der Waals surface area (Å²) >= 11 is 0. The SMILES string of the molecule is Cc1ccc(-n2nc(C(=O)NC3CCNC(C)C3)c3c2CCCC3)cc1.Cl. The largest absolute Gasteiger partial charge is 0.348 e. The van der Waals surface area contributed by atoms with Crippen molar-refractivity contribution in [2.75, 3.05) is 6.54 Å². The first-order chi connectivity index (χ1) is 12.6. The van der Waals surface area contributed by atoms with Gasteiger partial charge in [0.05, 0.1) is 5.69 Å². The Bertz CT molecular complexity index is 799. The van der Waals surface area contributed by atoms with E-state index in [4.69, 9.17) is 5.10 Å². The van der Waals surface area contributed by atoms with Gasteiger partial charge in [0.25, 0.3) is 5.91 Å². The molecule has 1 aliphatic heterocycles. The summed E-state index contributed by atoms with van der Waals surface area (Å²) in [4.78, 5) is 13.0. The Morgan fingerprint density at radius 2 is 1.96 bits per heavy atom. The molecule has 0 radical (unpaired) electrons. The Morgan fingerprint density at radius 3 is 2.70 bits per heavy atom. The Labute approximate surface area is 167 Å². The van der Waals surface area contributed by atoms with Gasteiger partial charge in [-0.2, -0.15) is 5.10 Å². The van der Waals surface area contributed by atoms with E-state index in [0.717, 1.165) is 56.3 Å². The zero-order chi connectivity index (χ0) is 18.1. The predicted octanol–water partition coefficient (Wildman–Crippen LogP) is 3.35. The second-order valence-electron chi connectivity index (χ2n) is 7.78. The lowest BCUT2D eigenvalue weighted by Crippen LogP contribution is -2.46. The van der Waals surface area contributed by atoms with Gasteiger partial charge in [0, 0.05) is 23.3 Å². The summed E-state index contributed by atoms with van der Waals surface area (Å²) < 4.78 is 1.99. The molecule has 2 heterocycles. The number of benzene rings is 1. The van der Waals surface area contributed by atoms with Gasteiger partial charge in [0.15, 0.2) is 5.69 Å². The number of amides is 1. The molecule has 0 spiro atoms. The maximum Gasteiger partial charge on any atom is 0.272 e. The zero-order valence-electron chi connectivity index (χ0n) is 16.1. The summed E-state index contributed by atoms with van der Waals surface area (Å²) in [5, 5.41) is 11.4. The third-order valence-electron chi connectivity index (χ3n) is 5.63. The number of piperidine rings is 1. The molecule has 4 rings (SSSR count). The van der Waals surface area contributed by atoms with Gasteiger partial charge in [-0.15, -0.1) is 12.4 Å². The van der Waals surface area contributed by atoms with Gasteiger partial charge in [-0.3, -0.25) is 4.79 Å². The number of carbonyl (C=O) groups excluding carboxylic acids is 1. The van der Waals surface area contributed by atoms with Crippen LogP contribution < -0.4 is 10.6 Å². The predicted molar refractivity (Wildman–Crippen MR) is 110 cm³/mol. The van der Waals surface area contributed by atoms with E-state index >= 15 is 0 Å². The van der Waals surface area contributed by atoms with Crippen molar-refractivity contribution in [2.24, 2.45) is 0 Å². The average Bonchev–Trinajstić information content (AvgIpc) is 3.02. The van der Waals surface area contributed by atoms with Crippen molar-refractivity contribution in [1.29, 1.82) is 0 Å². The van der Waals surface area contributed by atoms with Crippen LogP contribution in [0.25, 0.3) is 5.69 Å². The highest BCUT2D eigenvalue weighted by Crippen LogP contribution is 2.27. The van der Waals surface area contributed by atoms with Gasteiger partial charge < -0.3 is 10.6 Å². The first kappa shape index (κ1) is 19.9. The number of nitrogens with one attached hydrogen (secondary N) is 2. The lowest BCUT2D eigenvalue weighted by Gasteiger charge is -2.28. The number of fused-ring (bicyclic) bond motifs is 1. The quantitative estimate of drug-likeness (QED) is 0.847. The third-order valence-corrected chi connectivity index (χ3v) is 5.63. The molecule has 1 aromatic heterocycles. The van der Waals surface area contributed by atoms with Crippen LogP contribution in [0.2, 0.25) is 0 Å². The standard InChI is InChI=1S/C21H28N4O.ClH/c1-14-7-9-17(10-8-14)25-19-6-4-3-5-18(19)20(24-25)21(26)23-16-11-12-22-15(2)13-16;/h7-10,15-16,22H,3-6,11-13H2,1-2H3,(H,23,26);1H. The molecule has 27 heavy (non-hydrogen) atoms. The lowest BCUT2D eigenvalue weighted by atomic mass is 9.95. The molecule has 2 aromatic rings. The summed E-state index contributed by atoms with van der Waals surface area (Å²) in [6.45, 7) is 5.22. The maximum absolute atomic E-state index is 13.0. The van der Waals surface area contributed by atoms with Crippen LogP contribution in [0.3, 0.4) is 0 Å². The molecule has 2 N–H and O–H groups in total. The molecule has 0 bridgehead atoms. The Morgan fingerprint density at radius 1 is 1.22 bits per heavy atom. The van der Waals surface area contributed by atoms with E-state index in [-0.39, 0.29) is 24.4 Å². The molecule has 2 unspecified atom stereocenters. The van der Waals surface area contributed by atoms with E-state index in [9.17, 15) is 4.79 Å². The van der Waals surface area contributed by atoms with Crippen LogP contribution >= 0.6 is 12.4 Å². The number of hydrogen-bond acceptors (Lipinski definition) is 3. The van der Waals surface area contributed by atoms with Gasteiger partial charge >= 0.3 is 0 Å². The molecule has 2 aliphatic rings. The van der Waals surface area contributed by atoms with E-state index in [0.29, 0.717) is 11.7 Å². The summed E-state index contributed by atoms with van der Waals surface area (Å²) in [5.41, 5.74) is 5.27. The van der Waals surface area contributed by atoms with E-state index in [1.165, 1.54) is 11.3 Å². The van der Waals surface area contributed by atoms with Crippen molar-refractivity contribution >= 4 is 18.3 Å². The molecular formula is C21H29ClN4O. The minimum absolute atomic E-state index is 0. The number of carbonyl (C=O) groups is 1. The molecule has 1 fully saturated rings. The Hall–Kier alpha value is -1.85. The van der Waals surface area contributed by atoms with Gasteiger partial charge in [-0.1, -0.05) is 17.7 Å². The van der Waals surface area contributed by atoms with Gasteiger partial charge in [-0.25, -0.2) is 4.68 Å². The van der Waals surface area contributed by atoms with Crippen molar-refractivity contribution in [2.45, 2.75) is 64.5 Å². The molecule has 146 valence electrons. The van der Waals surface area contributed by atoms with Crippen LogP contribution in [-0.4, -0.2) is 34.3 Å². The highest BCUT2D eigenvalue weighted by atomic mass is 35.5. The maximum atomic E-state index is 13.0. The monoisotopic (exact) mass is 388 g/mol. The number of halogens is 1. The van der Waals surface area contributed by atoms with Gasteiger partial charge in [0.2, 0.25) is 0 Å². The number of aromatic nitrogens is 2. The summed E-state index contributed by atoms with van der Waals surface area (Å²) in [7, 11) is 0. The first-order valence-electron chi connectivity index (χ1n) is 9.84. The zero-order valence-corrected chi connectivity index (χ0v) is 16.9. The van der Waals surface area contributed by atoms with E-state index in [2.05, 4.69) is 48.7 Å². The number of nitrogens with zero attached hydrogens (tertiary/aromatic N) is 2. The van der Waals surface area contributed by atoms with Crippen LogP contribution in [0, 0.1) is 6.92 Å². The molecule has 1 saturated heterocycles. The van der Waals surface area contributed by atoms with Crippen molar-refractivity contribution < 1.29 is 4.79 Å². The Balaban J connectivity index is 0.00000210. The average molecular weight is 389 g/mol. The number of aryl methyl sites for hydroxylation is 1. The molecular weight excluding hydrogens is 360 g/mol. The van der Waals surface area contributed by atoms with Crippen molar-refractivity contribution in [3.8, 4) is 5.69 Å². The minimum atomic E-state index is -0.00638. The topological polar surface area (TPSA) is 59.0 Å². The highest BCUT2D eigenvalue weighted by molar-refractivity contribution is 5.94. The second-order valence-corrected chi connectivity index (χ2v) is 7.78. The molecule has 2 atom stereocenters. The smallest absolute Gasteiger partial charge is 0.272 e. The number of rotatable bonds is 3. The molecule has 5 nitrogen and oxygen atoms in total. The van der Waals surface area contributed by atoms with E-state index in [1.807, 2.05) is 4.68 Å². The normalized spacial score (nSPS) is 21.9. The van der Waals surface area contributed by atoms with Crippen LogP contribution in [0.15, 0.2) is 24.3 Å². The van der Waals surface area contributed by atoms with Crippen molar-refractivity contribution in [3.05, 3.63) is 46.8 Å². The van der Waals surface area contributed by atoms with E-state index in [1.54, 1.807) is 0 Å². The fourth-order valence-electron chi connectivity index (χ4n) is 4.20. The first-order valence-corrected chi connectivity index (χ1v) is 9.84. The molecule has 1 aliphatic carbocycles. The lowest BCUT2D eigenvalue weighted by molar-refractivity contribution is 0.0919. The van der Waals surface area contributed by atoms with Crippen molar-refractivity contribution in [1.82, 2.24) is 20.4 Å². The number of hydrogen-bond donors (Lipinski definition) is 2. The van der Waals surface area contributed by atoms with Crippen LogP contribution in [0.4, 0.5) is 0 Å². The molecule has 1 amide bonds. The highest BCUT2D eigenvalue weighted by Gasteiger charge is 2.28. The third kappa shape index (κ3) is 4.19. The second kappa shape index (κ2) is 8.44.